The van der Waals surface area contributed by atoms with Crippen LogP contribution >= 0.6 is 22.9 Å². The first-order chi connectivity index (χ1) is 8.61. The first-order valence-corrected chi connectivity index (χ1v) is 6.64. The lowest BCUT2D eigenvalue weighted by Crippen LogP contribution is -2.05. The second kappa shape index (κ2) is 5.63. The Morgan fingerprint density at radius 1 is 1.44 bits per heavy atom. The van der Waals surface area contributed by atoms with Crippen molar-refractivity contribution in [1.82, 2.24) is 4.98 Å². The predicted molar refractivity (Wildman–Crippen MR) is 67.1 cm³/mol. The van der Waals surface area contributed by atoms with Gasteiger partial charge < -0.3 is 4.74 Å². The highest BCUT2D eigenvalue weighted by Gasteiger charge is 2.16. The van der Waals surface area contributed by atoms with Gasteiger partial charge in [0.1, 0.15) is 11.1 Å². The van der Waals surface area contributed by atoms with Gasteiger partial charge in [-0.05, 0) is 19.1 Å². The standard InChI is InChI=1S/C12H10ClF2NOS/c1-7(12-16-8(5-13)6-18-12)17-10-4-2-3-9(14)11(10)15/h2-4,6-7H,5H2,1H3. The Hall–Kier alpha value is -1.20. The molecule has 0 bridgehead atoms. The summed E-state index contributed by atoms with van der Waals surface area (Å²) in [7, 11) is 0. The maximum absolute atomic E-state index is 13.4. The molecule has 0 fully saturated rings. The van der Waals surface area contributed by atoms with Gasteiger partial charge in [0.2, 0.25) is 5.82 Å². The maximum Gasteiger partial charge on any atom is 0.200 e. The van der Waals surface area contributed by atoms with Crippen LogP contribution in [0.15, 0.2) is 23.6 Å². The fourth-order valence-electron chi connectivity index (χ4n) is 1.39. The fraction of sp³-hybridized carbons (Fsp3) is 0.250. The van der Waals surface area contributed by atoms with Crippen molar-refractivity contribution in [1.29, 1.82) is 0 Å². The van der Waals surface area contributed by atoms with Crippen molar-refractivity contribution in [3.05, 3.63) is 45.9 Å². The topological polar surface area (TPSA) is 22.1 Å². The van der Waals surface area contributed by atoms with Crippen LogP contribution in [0, 0.1) is 11.6 Å². The number of alkyl halides is 1. The molecule has 0 aliphatic rings. The zero-order valence-electron chi connectivity index (χ0n) is 9.49. The van der Waals surface area contributed by atoms with E-state index in [-0.39, 0.29) is 5.75 Å². The Morgan fingerprint density at radius 2 is 2.22 bits per heavy atom. The van der Waals surface area contributed by atoms with Crippen LogP contribution in [0.2, 0.25) is 0 Å². The van der Waals surface area contributed by atoms with Crippen LogP contribution in [0.25, 0.3) is 0 Å². The molecule has 0 spiro atoms. The zero-order chi connectivity index (χ0) is 13.1. The van der Waals surface area contributed by atoms with Crippen molar-refractivity contribution in [3.8, 4) is 5.75 Å². The van der Waals surface area contributed by atoms with E-state index in [1.807, 2.05) is 5.38 Å². The number of halogens is 3. The monoisotopic (exact) mass is 289 g/mol. The van der Waals surface area contributed by atoms with E-state index in [9.17, 15) is 8.78 Å². The van der Waals surface area contributed by atoms with Gasteiger partial charge >= 0.3 is 0 Å². The summed E-state index contributed by atoms with van der Waals surface area (Å²) in [6.07, 6.45) is -0.455. The highest BCUT2D eigenvalue weighted by Crippen LogP contribution is 2.27. The van der Waals surface area contributed by atoms with E-state index in [2.05, 4.69) is 4.98 Å². The van der Waals surface area contributed by atoms with Crippen molar-refractivity contribution in [3.63, 3.8) is 0 Å². The molecule has 1 atom stereocenters. The van der Waals surface area contributed by atoms with Gasteiger partial charge in [-0.3, -0.25) is 0 Å². The molecule has 0 radical (unpaired) electrons. The minimum absolute atomic E-state index is 0.120. The lowest BCUT2D eigenvalue weighted by Gasteiger charge is -2.12. The van der Waals surface area contributed by atoms with Crippen molar-refractivity contribution in [2.75, 3.05) is 0 Å². The Bertz CT molecular complexity index is 547. The van der Waals surface area contributed by atoms with Gasteiger partial charge in [0.25, 0.3) is 0 Å². The second-order valence-electron chi connectivity index (χ2n) is 3.62. The van der Waals surface area contributed by atoms with E-state index < -0.39 is 17.7 Å². The number of hydrogen-bond donors (Lipinski definition) is 0. The Labute approximate surface area is 112 Å². The van der Waals surface area contributed by atoms with Crippen LogP contribution < -0.4 is 4.74 Å². The summed E-state index contributed by atoms with van der Waals surface area (Å²) in [5, 5.41) is 2.48. The van der Waals surface area contributed by atoms with Gasteiger partial charge in [-0.15, -0.1) is 22.9 Å². The van der Waals surface area contributed by atoms with E-state index >= 15 is 0 Å². The van der Waals surface area contributed by atoms with Gasteiger partial charge in [0, 0.05) is 5.38 Å². The van der Waals surface area contributed by atoms with Crippen molar-refractivity contribution < 1.29 is 13.5 Å². The van der Waals surface area contributed by atoms with Gasteiger partial charge in [0.15, 0.2) is 11.6 Å². The van der Waals surface area contributed by atoms with E-state index in [0.29, 0.717) is 10.9 Å². The summed E-state index contributed by atoms with van der Waals surface area (Å²) in [5.41, 5.74) is 0.742. The van der Waals surface area contributed by atoms with E-state index in [4.69, 9.17) is 16.3 Å². The Balaban J connectivity index is 2.15. The number of aromatic nitrogens is 1. The molecular weight excluding hydrogens is 280 g/mol. The van der Waals surface area contributed by atoms with Gasteiger partial charge in [-0.1, -0.05) is 6.07 Å². The molecule has 96 valence electrons. The summed E-state index contributed by atoms with van der Waals surface area (Å²) >= 11 is 7.02. The van der Waals surface area contributed by atoms with Gasteiger partial charge in [-0.2, -0.15) is 4.39 Å². The smallest absolute Gasteiger partial charge is 0.200 e. The van der Waals surface area contributed by atoms with Crippen LogP contribution in [0.1, 0.15) is 23.7 Å². The summed E-state index contributed by atoms with van der Waals surface area (Å²) in [4.78, 5) is 4.22. The molecule has 1 aromatic heterocycles. The van der Waals surface area contributed by atoms with E-state index in [0.717, 1.165) is 11.8 Å². The number of rotatable bonds is 4. The quantitative estimate of drug-likeness (QED) is 0.783. The van der Waals surface area contributed by atoms with Crippen LogP contribution in [0.4, 0.5) is 8.78 Å². The Kier molecular flexibility index (Phi) is 4.14. The molecule has 0 aliphatic carbocycles. The molecule has 0 aliphatic heterocycles. The van der Waals surface area contributed by atoms with E-state index in [1.165, 1.54) is 23.5 Å². The minimum atomic E-state index is -0.988. The first kappa shape index (κ1) is 13.2. The minimum Gasteiger partial charge on any atom is -0.480 e. The van der Waals surface area contributed by atoms with Gasteiger partial charge in [-0.25, -0.2) is 9.37 Å². The fourth-order valence-corrected chi connectivity index (χ4v) is 2.42. The lowest BCUT2D eigenvalue weighted by atomic mass is 10.3. The maximum atomic E-state index is 13.4. The molecule has 2 nitrogen and oxygen atoms in total. The zero-order valence-corrected chi connectivity index (χ0v) is 11.1. The number of benzene rings is 1. The normalized spacial score (nSPS) is 12.4. The molecule has 1 heterocycles. The molecule has 1 aromatic carbocycles. The van der Waals surface area contributed by atoms with Crippen LogP contribution in [-0.2, 0) is 5.88 Å². The molecule has 6 heteroatoms. The average molecular weight is 290 g/mol. The Morgan fingerprint density at radius 3 is 2.89 bits per heavy atom. The third kappa shape index (κ3) is 2.79. The highest BCUT2D eigenvalue weighted by molar-refractivity contribution is 7.09. The third-order valence-electron chi connectivity index (χ3n) is 2.27. The number of thiazole rings is 1. The van der Waals surface area contributed by atoms with Crippen LogP contribution in [0.3, 0.4) is 0 Å². The molecule has 18 heavy (non-hydrogen) atoms. The summed E-state index contributed by atoms with van der Waals surface area (Å²) in [5.74, 6) is -1.72. The largest absolute Gasteiger partial charge is 0.480 e. The third-order valence-corrected chi connectivity index (χ3v) is 3.60. The molecule has 0 saturated carbocycles. The number of hydrogen-bond acceptors (Lipinski definition) is 3. The van der Waals surface area contributed by atoms with Crippen molar-refractivity contribution >= 4 is 22.9 Å². The van der Waals surface area contributed by atoms with Crippen molar-refractivity contribution in [2.45, 2.75) is 18.9 Å². The summed E-state index contributed by atoms with van der Waals surface area (Å²) in [6.45, 7) is 1.72. The molecule has 2 aromatic rings. The van der Waals surface area contributed by atoms with E-state index in [1.54, 1.807) is 6.92 Å². The molecular formula is C12H10ClF2NOS. The average Bonchev–Trinajstić information content (AvgIpc) is 2.83. The number of nitrogens with zero attached hydrogens (tertiary/aromatic N) is 1. The van der Waals surface area contributed by atoms with Crippen molar-refractivity contribution in [2.24, 2.45) is 0 Å². The van der Waals surface area contributed by atoms with Crippen LogP contribution in [-0.4, -0.2) is 4.98 Å². The molecule has 2 rings (SSSR count). The SMILES string of the molecule is CC(Oc1cccc(F)c1F)c1nc(CCl)cs1. The highest BCUT2D eigenvalue weighted by atomic mass is 35.5. The number of ether oxygens (including phenoxy) is 1. The lowest BCUT2D eigenvalue weighted by molar-refractivity contribution is 0.213. The summed E-state index contributed by atoms with van der Waals surface area (Å²) < 4.78 is 31.8. The molecule has 0 N–H and O–H groups in total. The van der Waals surface area contributed by atoms with Crippen LogP contribution in [0.5, 0.6) is 5.75 Å². The summed E-state index contributed by atoms with van der Waals surface area (Å²) in [6, 6.07) is 3.82. The molecule has 0 saturated heterocycles. The first-order valence-electron chi connectivity index (χ1n) is 5.22. The second-order valence-corrected chi connectivity index (χ2v) is 4.78. The predicted octanol–water partition coefficient (Wildman–Crippen LogP) is 4.30. The molecule has 1 unspecified atom stereocenters. The molecule has 0 amide bonds. The van der Waals surface area contributed by atoms with Gasteiger partial charge in [0.05, 0.1) is 11.6 Å².